The number of nitrogens with one attached hydrogen (secondary N) is 1. The topological polar surface area (TPSA) is 112 Å². The van der Waals surface area contributed by atoms with Gasteiger partial charge in [-0.2, -0.15) is 0 Å². The molecule has 0 spiro atoms. The fourth-order valence-electron chi connectivity index (χ4n) is 3.37. The Kier molecular flexibility index (Phi) is 7.91. The van der Waals surface area contributed by atoms with Crippen molar-refractivity contribution in [3.05, 3.63) is 96.0 Å². The molecule has 8 nitrogen and oxygen atoms in total. The maximum atomic E-state index is 13.2. The van der Waals surface area contributed by atoms with Crippen LogP contribution >= 0.6 is 0 Å². The van der Waals surface area contributed by atoms with E-state index in [2.05, 4.69) is 4.72 Å². The van der Waals surface area contributed by atoms with Crippen LogP contribution in [0.1, 0.15) is 22.8 Å². The number of hydrogen-bond donors (Lipinski definition) is 1. The zero-order chi connectivity index (χ0) is 24.7. The van der Waals surface area contributed by atoms with Crippen LogP contribution in [0, 0.1) is 12.8 Å². The van der Waals surface area contributed by atoms with Gasteiger partial charge in [0.25, 0.3) is 10.0 Å². The van der Waals surface area contributed by atoms with Crippen LogP contribution in [0.4, 0.5) is 0 Å². The highest BCUT2D eigenvalue weighted by Gasteiger charge is 2.39. The Balaban J connectivity index is 2.16. The maximum Gasteiger partial charge on any atom is 0.321 e. The minimum atomic E-state index is -4.00. The van der Waals surface area contributed by atoms with E-state index < -0.39 is 33.8 Å². The van der Waals surface area contributed by atoms with Crippen LogP contribution in [0.5, 0.6) is 0 Å². The highest BCUT2D eigenvalue weighted by atomic mass is 32.2. The van der Waals surface area contributed by atoms with E-state index in [1.54, 1.807) is 54.6 Å². The van der Waals surface area contributed by atoms with Gasteiger partial charge in [-0.25, -0.2) is 8.42 Å². The van der Waals surface area contributed by atoms with Crippen molar-refractivity contribution in [1.82, 2.24) is 4.72 Å². The molecule has 1 aromatic heterocycles. The average Bonchev–Trinajstić information content (AvgIpc) is 3.38. The number of allylic oxidation sites excluding steroid dienone is 1. The van der Waals surface area contributed by atoms with Gasteiger partial charge in [-0.15, -0.1) is 0 Å². The highest BCUT2D eigenvalue weighted by molar-refractivity contribution is 7.89. The third kappa shape index (κ3) is 5.74. The standard InChI is InChI=1S/C25H25NO7S/c1-17-11-13-19(14-12-17)34(29,30)26-21(18-8-5-4-6-9-18)16-20(22-10-7-15-33-22)23(24(27)31-2)25(28)32-3/h4-16,20,23,26H,1-3H3/b21-16+/t20-/m0/s1. The molecule has 0 amide bonds. The normalized spacial score (nSPS) is 12.8. The van der Waals surface area contributed by atoms with Crippen LogP contribution in [-0.4, -0.2) is 34.6 Å². The number of sulfonamides is 1. The Morgan fingerprint density at radius 3 is 2.06 bits per heavy atom. The van der Waals surface area contributed by atoms with E-state index in [-0.39, 0.29) is 16.4 Å². The van der Waals surface area contributed by atoms with Crippen molar-refractivity contribution >= 4 is 27.7 Å². The van der Waals surface area contributed by atoms with E-state index in [1.165, 1.54) is 24.5 Å². The minimum Gasteiger partial charge on any atom is -0.469 e. The Bertz CT molecular complexity index is 1230. The second-order valence-electron chi connectivity index (χ2n) is 7.43. The number of methoxy groups -OCH3 is 2. The molecule has 0 radical (unpaired) electrons. The molecule has 34 heavy (non-hydrogen) atoms. The molecule has 0 aliphatic rings. The van der Waals surface area contributed by atoms with Crippen LogP contribution in [0.15, 0.2) is 88.4 Å². The summed E-state index contributed by atoms with van der Waals surface area (Å²) in [6, 6.07) is 18.2. The molecule has 178 valence electrons. The zero-order valence-corrected chi connectivity index (χ0v) is 19.7. The van der Waals surface area contributed by atoms with E-state index in [4.69, 9.17) is 13.9 Å². The molecule has 2 aromatic carbocycles. The summed E-state index contributed by atoms with van der Waals surface area (Å²) < 4.78 is 44.1. The average molecular weight is 484 g/mol. The first-order valence-electron chi connectivity index (χ1n) is 10.3. The smallest absolute Gasteiger partial charge is 0.321 e. The van der Waals surface area contributed by atoms with E-state index in [9.17, 15) is 18.0 Å². The van der Waals surface area contributed by atoms with Gasteiger partial charge in [0.2, 0.25) is 0 Å². The summed E-state index contributed by atoms with van der Waals surface area (Å²) in [5, 5.41) is 0. The minimum absolute atomic E-state index is 0.0620. The van der Waals surface area contributed by atoms with Gasteiger partial charge < -0.3 is 13.9 Å². The summed E-state index contributed by atoms with van der Waals surface area (Å²) in [5.74, 6) is -3.89. The molecule has 0 aliphatic heterocycles. The fourth-order valence-corrected chi connectivity index (χ4v) is 4.46. The summed E-state index contributed by atoms with van der Waals surface area (Å²) in [5.41, 5.74) is 1.58. The summed E-state index contributed by atoms with van der Waals surface area (Å²) in [4.78, 5) is 25.2. The number of aryl methyl sites for hydroxylation is 1. The molecule has 9 heteroatoms. The van der Waals surface area contributed by atoms with Crippen molar-refractivity contribution in [2.24, 2.45) is 5.92 Å². The third-order valence-electron chi connectivity index (χ3n) is 5.15. The largest absolute Gasteiger partial charge is 0.469 e. The van der Waals surface area contributed by atoms with Gasteiger partial charge >= 0.3 is 11.9 Å². The Hall–Kier alpha value is -3.85. The lowest BCUT2D eigenvalue weighted by Crippen LogP contribution is -2.32. The van der Waals surface area contributed by atoms with Crippen molar-refractivity contribution < 1.29 is 31.9 Å². The van der Waals surface area contributed by atoms with E-state index in [0.717, 1.165) is 19.8 Å². The van der Waals surface area contributed by atoms with Gasteiger partial charge in [0.15, 0.2) is 5.92 Å². The summed E-state index contributed by atoms with van der Waals surface area (Å²) in [6.45, 7) is 1.85. The molecule has 1 heterocycles. The molecular formula is C25H25NO7S. The van der Waals surface area contributed by atoms with Gasteiger partial charge in [0.1, 0.15) is 5.76 Å². The predicted octanol–water partition coefficient (Wildman–Crippen LogP) is 3.65. The van der Waals surface area contributed by atoms with Crippen LogP contribution in [0.3, 0.4) is 0 Å². The summed E-state index contributed by atoms with van der Waals surface area (Å²) >= 11 is 0. The Labute approximate surface area is 198 Å². The molecular weight excluding hydrogens is 458 g/mol. The van der Waals surface area contributed by atoms with Crippen LogP contribution < -0.4 is 4.72 Å². The lowest BCUT2D eigenvalue weighted by Gasteiger charge is -2.21. The number of rotatable bonds is 9. The zero-order valence-electron chi connectivity index (χ0n) is 18.9. The van der Waals surface area contributed by atoms with Crippen LogP contribution in [-0.2, 0) is 29.1 Å². The molecule has 0 aliphatic carbocycles. The maximum absolute atomic E-state index is 13.2. The first kappa shape index (κ1) is 24.8. The van der Waals surface area contributed by atoms with Gasteiger partial charge in [-0.3, -0.25) is 14.3 Å². The first-order valence-corrected chi connectivity index (χ1v) is 11.8. The molecule has 1 atom stereocenters. The van der Waals surface area contributed by atoms with Gasteiger partial charge in [0.05, 0.1) is 37.0 Å². The lowest BCUT2D eigenvalue weighted by atomic mass is 9.88. The molecule has 0 unspecified atom stereocenters. The van der Waals surface area contributed by atoms with Crippen molar-refractivity contribution in [2.75, 3.05) is 14.2 Å². The predicted molar refractivity (Wildman–Crippen MR) is 125 cm³/mol. The monoisotopic (exact) mass is 483 g/mol. The van der Waals surface area contributed by atoms with Crippen molar-refractivity contribution in [3.8, 4) is 0 Å². The van der Waals surface area contributed by atoms with E-state index in [0.29, 0.717) is 5.56 Å². The molecule has 0 bridgehead atoms. The van der Waals surface area contributed by atoms with Gasteiger partial charge in [0, 0.05) is 0 Å². The number of hydrogen-bond acceptors (Lipinski definition) is 7. The number of ether oxygens (including phenoxy) is 2. The quantitative estimate of drug-likeness (QED) is 0.365. The van der Waals surface area contributed by atoms with Crippen LogP contribution in [0.25, 0.3) is 5.70 Å². The number of benzene rings is 2. The molecule has 3 aromatic rings. The van der Waals surface area contributed by atoms with E-state index in [1.807, 2.05) is 6.92 Å². The first-order chi connectivity index (χ1) is 16.3. The van der Waals surface area contributed by atoms with Crippen molar-refractivity contribution in [1.29, 1.82) is 0 Å². The van der Waals surface area contributed by atoms with Gasteiger partial charge in [-0.1, -0.05) is 48.0 Å². The number of carbonyl (C=O) groups excluding carboxylic acids is 2. The molecule has 0 fully saturated rings. The molecule has 3 rings (SSSR count). The molecule has 0 saturated heterocycles. The Morgan fingerprint density at radius 2 is 1.53 bits per heavy atom. The third-order valence-corrected chi connectivity index (χ3v) is 6.53. The number of esters is 2. The molecule has 1 N–H and O–H groups in total. The number of carbonyl (C=O) groups is 2. The molecule has 0 saturated carbocycles. The van der Waals surface area contributed by atoms with Gasteiger partial charge in [-0.05, 0) is 42.8 Å². The summed E-state index contributed by atoms with van der Waals surface area (Å²) in [6.07, 6.45) is 2.85. The SMILES string of the molecule is COC(=O)C(C(=O)OC)[C@@H](/C=C(/NS(=O)(=O)c1ccc(C)cc1)c1ccccc1)c1ccco1. The van der Waals surface area contributed by atoms with Crippen LogP contribution in [0.2, 0.25) is 0 Å². The number of furan rings is 1. The second kappa shape index (κ2) is 10.8. The summed E-state index contributed by atoms with van der Waals surface area (Å²) in [7, 11) is -1.69. The highest BCUT2D eigenvalue weighted by Crippen LogP contribution is 2.32. The fraction of sp³-hybridized carbons (Fsp3) is 0.200. The van der Waals surface area contributed by atoms with Crippen molar-refractivity contribution in [2.45, 2.75) is 17.7 Å². The second-order valence-corrected chi connectivity index (χ2v) is 9.11. The van der Waals surface area contributed by atoms with E-state index >= 15 is 0 Å². The Morgan fingerprint density at radius 1 is 0.912 bits per heavy atom. The van der Waals surface area contributed by atoms with Crippen molar-refractivity contribution in [3.63, 3.8) is 0 Å². The lowest BCUT2D eigenvalue weighted by molar-refractivity contribution is -0.159.